The van der Waals surface area contributed by atoms with Crippen LogP contribution in [0.15, 0.2) is 0 Å². The molecular weight excluding hydrogens is 148 g/mol. The molecule has 0 rings (SSSR count). The normalized spacial score (nSPS) is 11.0. The highest BCUT2D eigenvalue weighted by Gasteiger charge is 2.03. The first-order valence-electron chi connectivity index (χ1n) is 4.88. The van der Waals surface area contributed by atoms with Crippen LogP contribution in [0.1, 0.15) is 54.4 Å². The van der Waals surface area contributed by atoms with Gasteiger partial charge in [-0.25, -0.2) is 0 Å². The van der Waals surface area contributed by atoms with Gasteiger partial charge >= 0.3 is 0 Å². The van der Waals surface area contributed by atoms with Crippen LogP contribution in [0.25, 0.3) is 0 Å². The van der Waals surface area contributed by atoms with E-state index >= 15 is 0 Å². The lowest BCUT2D eigenvalue weighted by molar-refractivity contribution is 0.0397. The van der Waals surface area contributed by atoms with E-state index in [0.717, 1.165) is 5.92 Å². The zero-order chi connectivity index (χ0) is 10.2. The number of rotatable bonds is 2. The molecule has 0 aromatic carbocycles. The highest BCUT2D eigenvalue weighted by atomic mass is 16.5. The van der Waals surface area contributed by atoms with Gasteiger partial charge in [0.15, 0.2) is 0 Å². The summed E-state index contributed by atoms with van der Waals surface area (Å²) in [5, 5.41) is 0. The fourth-order valence-electron chi connectivity index (χ4n) is 0.577. The summed E-state index contributed by atoms with van der Waals surface area (Å²) in [6.07, 6.45) is 2.71. The molecule has 0 atom stereocenters. The molecule has 0 N–H and O–H groups in total. The van der Waals surface area contributed by atoms with Crippen molar-refractivity contribution in [3.8, 4) is 0 Å². The maximum Gasteiger partial charge on any atom is 0.0594 e. The molecule has 0 radical (unpaired) electrons. The summed E-state index contributed by atoms with van der Waals surface area (Å²) in [6.45, 7) is 12.8. The molecule has 76 valence electrons. The lowest BCUT2D eigenvalue weighted by Gasteiger charge is -2.14. The first-order valence-corrected chi connectivity index (χ1v) is 4.88. The summed E-state index contributed by atoms with van der Waals surface area (Å²) in [5.74, 6) is 0.898. The molecule has 0 amide bonds. The predicted molar refractivity (Wildman–Crippen MR) is 56.5 cm³/mol. The molecule has 0 fully saturated rings. The molecule has 0 heterocycles. The van der Waals surface area contributed by atoms with Crippen LogP contribution < -0.4 is 0 Å². The Morgan fingerprint density at radius 1 is 1.17 bits per heavy atom. The van der Waals surface area contributed by atoms with Crippen LogP contribution in [-0.4, -0.2) is 12.7 Å². The van der Waals surface area contributed by atoms with Gasteiger partial charge in [-0.1, -0.05) is 33.6 Å². The van der Waals surface area contributed by atoms with Gasteiger partial charge in [0, 0.05) is 7.11 Å². The van der Waals surface area contributed by atoms with Crippen molar-refractivity contribution in [3.05, 3.63) is 0 Å². The van der Waals surface area contributed by atoms with E-state index in [9.17, 15) is 0 Å². The fourth-order valence-corrected chi connectivity index (χ4v) is 0.577. The maximum atomic E-state index is 4.94. The smallest absolute Gasteiger partial charge is 0.0594 e. The van der Waals surface area contributed by atoms with Gasteiger partial charge in [0.1, 0.15) is 0 Å². The topological polar surface area (TPSA) is 9.23 Å². The van der Waals surface area contributed by atoms with E-state index in [-0.39, 0.29) is 5.60 Å². The molecule has 0 aliphatic heterocycles. The molecule has 0 bridgehead atoms. The number of hydrogen-bond donors (Lipinski definition) is 0. The standard InChI is InChI=1S/C6H14.C5H12O/c1-4-5-6(2)3;1-5(2,3)6-4/h6H,4-5H2,1-3H3;1-4H3. The molecular formula is C11H26O. The van der Waals surface area contributed by atoms with Crippen molar-refractivity contribution in [3.63, 3.8) is 0 Å². The average molecular weight is 174 g/mol. The van der Waals surface area contributed by atoms with E-state index in [4.69, 9.17) is 4.74 Å². The van der Waals surface area contributed by atoms with E-state index in [1.54, 1.807) is 7.11 Å². The largest absolute Gasteiger partial charge is 0.379 e. The third-order valence-electron chi connectivity index (χ3n) is 1.48. The third kappa shape index (κ3) is 22.5. The summed E-state index contributed by atoms with van der Waals surface area (Å²) < 4.78 is 4.94. The van der Waals surface area contributed by atoms with Crippen LogP contribution in [0, 0.1) is 5.92 Å². The van der Waals surface area contributed by atoms with E-state index in [0.29, 0.717) is 0 Å². The van der Waals surface area contributed by atoms with Gasteiger partial charge in [0.25, 0.3) is 0 Å². The first-order chi connectivity index (χ1) is 5.33. The van der Waals surface area contributed by atoms with Crippen molar-refractivity contribution in [1.29, 1.82) is 0 Å². The lowest BCUT2D eigenvalue weighted by atomic mass is 10.1. The Bertz CT molecular complexity index is 79.5. The van der Waals surface area contributed by atoms with Crippen molar-refractivity contribution >= 4 is 0 Å². The third-order valence-corrected chi connectivity index (χ3v) is 1.48. The second kappa shape index (κ2) is 7.60. The second-order valence-electron chi connectivity index (χ2n) is 4.50. The SMILES string of the molecule is CCCC(C)C.COC(C)(C)C. The molecule has 0 aromatic heterocycles. The van der Waals surface area contributed by atoms with Gasteiger partial charge in [-0.15, -0.1) is 0 Å². The van der Waals surface area contributed by atoms with Crippen molar-refractivity contribution in [2.45, 2.75) is 60.0 Å². The number of hydrogen-bond acceptors (Lipinski definition) is 1. The van der Waals surface area contributed by atoms with Crippen LogP contribution in [0.5, 0.6) is 0 Å². The molecule has 1 heteroatoms. The van der Waals surface area contributed by atoms with Gasteiger partial charge in [-0.05, 0) is 26.7 Å². The second-order valence-corrected chi connectivity index (χ2v) is 4.50. The fraction of sp³-hybridized carbons (Fsp3) is 1.00. The number of methoxy groups -OCH3 is 1. The van der Waals surface area contributed by atoms with Gasteiger partial charge in [0.2, 0.25) is 0 Å². The van der Waals surface area contributed by atoms with Crippen molar-refractivity contribution in [2.75, 3.05) is 7.11 Å². The molecule has 0 aromatic rings. The first kappa shape index (κ1) is 14.5. The molecule has 0 aliphatic carbocycles. The van der Waals surface area contributed by atoms with Gasteiger partial charge < -0.3 is 4.74 Å². The molecule has 0 saturated carbocycles. The number of ether oxygens (including phenoxy) is 1. The van der Waals surface area contributed by atoms with E-state index < -0.39 is 0 Å². The van der Waals surface area contributed by atoms with E-state index in [1.807, 2.05) is 20.8 Å². The zero-order valence-corrected chi connectivity index (χ0v) is 9.90. The summed E-state index contributed by atoms with van der Waals surface area (Å²) in [4.78, 5) is 0. The zero-order valence-electron chi connectivity index (χ0n) is 9.90. The quantitative estimate of drug-likeness (QED) is 0.617. The minimum Gasteiger partial charge on any atom is -0.379 e. The van der Waals surface area contributed by atoms with Crippen molar-refractivity contribution in [1.82, 2.24) is 0 Å². The maximum absolute atomic E-state index is 4.94. The summed E-state index contributed by atoms with van der Waals surface area (Å²) in [7, 11) is 1.71. The van der Waals surface area contributed by atoms with Crippen LogP contribution in [0.2, 0.25) is 0 Å². The Morgan fingerprint density at radius 3 is 1.50 bits per heavy atom. The van der Waals surface area contributed by atoms with Gasteiger partial charge in [-0.2, -0.15) is 0 Å². The Kier molecular flexibility index (Phi) is 9.17. The molecule has 0 saturated heterocycles. The van der Waals surface area contributed by atoms with Crippen molar-refractivity contribution < 1.29 is 4.74 Å². The van der Waals surface area contributed by atoms with Gasteiger partial charge in [0.05, 0.1) is 5.60 Å². The summed E-state index contributed by atoms with van der Waals surface area (Å²) in [5.41, 5.74) is 0.0417. The Morgan fingerprint density at radius 2 is 1.50 bits per heavy atom. The molecule has 1 nitrogen and oxygen atoms in total. The highest BCUT2D eigenvalue weighted by molar-refractivity contribution is 4.55. The van der Waals surface area contributed by atoms with Gasteiger partial charge in [-0.3, -0.25) is 0 Å². The summed E-state index contributed by atoms with van der Waals surface area (Å²) in [6, 6.07) is 0. The predicted octanol–water partition coefficient (Wildman–Crippen LogP) is 3.87. The molecule has 0 spiro atoms. The molecule has 0 aliphatic rings. The van der Waals surface area contributed by atoms with Crippen LogP contribution >= 0.6 is 0 Å². The Balaban J connectivity index is 0. The molecule has 0 unspecified atom stereocenters. The molecule has 12 heavy (non-hydrogen) atoms. The minimum absolute atomic E-state index is 0.0417. The van der Waals surface area contributed by atoms with E-state index in [2.05, 4.69) is 20.8 Å². The Labute approximate surface area is 78.5 Å². The van der Waals surface area contributed by atoms with E-state index in [1.165, 1.54) is 12.8 Å². The Hall–Kier alpha value is -0.0400. The highest BCUT2D eigenvalue weighted by Crippen LogP contribution is 2.02. The average Bonchev–Trinajstić information content (AvgIpc) is 1.87. The lowest BCUT2D eigenvalue weighted by Crippen LogP contribution is -2.15. The minimum atomic E-state index is 0.0417. The van der Waals surface area contributed by atoms with Crippen molar-refractivity contribution in [2.24, 2.45) is 5.92 Å². The van der Waals surface area contributed by atoms with Crippen LogP contribution in [0.3, 0.4) is 0 Å². The monoisotopic (exact) mass is 174 g/mol. The summed E-state index contributed by atoms with van der Waals surface area (Å²) >= 11 is 0. The van der Waals surface area contributed by atoms with Crippen LogP contribution in [0.4, 0.5) is 0 Å². The van der Waals surface area contributed by atoms with Crippen LogP contribution in [-0.2, 0) is 4.74 Å².